The molecule has 116 valence electrons. The highest BCUT2D eigenvalue weighted by Gasteiger charge is 2.28. The first-order chi connectivity index (χ1) is 11.3. The van der Waals surface area contributed by atoms with E-state index >= 15 is 0 Å². The van der Waals surface area contributed by atoms with Crippen LogP contribution >= 0.6 is 0 Å². The Bertz CT molecular complexity index is 752. The van der Waals surface area contributed by atoms with Crippen LogP contribution in [0.3, 0.4) is 0 Å². The molecule has 0 spiro atoms. The van der Waals surface area contributed by atoms with Crippen molar-refractivity contribution >= 4 is 5.82 Å². The number of benzene rings is 1. The topological polar surface area (TPSA) is 58.4 Å². The van der Waals surface area contributed by atoms with Gasteiger partial charge in [0.2, 0.25) is 6.79 Å². The maximum Gasteiger partial charge on any atom is 0.231 e. The van der Waals surface area contributed by atoms with E-state index in [1.165, 1.54) is 5.56 Å². The molecule has 1 atom stereocenters. The summed E-state index contributed by atoms with van der Waals surface area (Å²) in [5.41, 5.74) is 2.18. The summed E-state index contributed by atoms with van der Waals surface area (Å²) < 4.78 is 10.9. The van der Waals surface area contributed by atoms with Gasteiger partial charge in [-0.05, 0) is 42.2 Å². The summed E-state index contributed by atoms with van der Waals surface area (Å²) in [6, 6.07) is 12.6. The molecule has 1 fully saturated rings. The highest BCUT2D eigenvalue weighted by atomic mass is 16.7. The molecule has 5 nitrogen and oxygen atoms in total. The maximum atomic E-state index is 8.76. The Balaban J connectivity index is 1.60. The van der Waals surface area contributed by atoms with Crippen LogP contribution in [0.25, 0.3) is 0 Å². The predicted octanol–water partition coefficient (Wildman–Crippen LogP) is 3.22. The third-order valence-electron chi connectivity index (χ3n) is 4.42. The lowest BCUT2D eigenvalue weighted by atomic mass is 10.0. The van der Waals surface area contributed by atoms with Crippen LogP contribution in [0.1, 0.15) is 30.0 Å². The fourth-order valence-corrected chi connectivity index (χ4v) is 3.29. The highest BCUT2D eigenvalue weighted by Crippen LogP contribution is 2.40. The summed E-state index contributed by atoms with van der Waals surface area (Å²) in [6.45, 7) is 1.29. The molecule has 0 aliphatic carbocycles. The Morgan fingerprint density at radius 1 is 1.22 bits per heavy atom. The Labute approximate surface area is 135 Å². The lowest BCUT2D eigenvalue weighted by Crippen LogP contribution is -2.23. The van der Waals surface area contributed by atoms with Crippen LogP contribution in [0, 0.1) is 11.3 Å². The van der Waals surface area contributed by atoms with Crippen molar-refractivity contribution in [3.63, 3.8) is 0 Å². The first kappa shape index (κ1) is 13.9. The number of pyridine rings is 1. The smallest absolute Gasteiger partial charge is 0.231 e. The van der Waals surface area contributed by atoms with Crippen molar-refractivity contribution in [2.45, 2.75) is 25.3 Å². The van der Waals surface area contributed by atoms with Gasteiger partial charge in [0.05, 0.1) is 18.5 Å². The van der Waals surface area contributed by atoms with Crippen molar-refractivity contribution in [2.24, 2.45) is 0 Å². The van der Waals surface area contributed by atoms with E-state index in [0.29, 0.717) is 19.3 Å². The number of aromatic nitrogens is 1. The quantitative estimate of drug-likeness (QED) is 0.871. The molecule has 2 aliphatic rings. The van der Waals surface area contributed by atoms with E-state index in [-0.39, 0.29) is 0 Å². The van der Waals surface area contributed by atoms with Gasteiger partial charge in [-0.15, -0.1) is 0 Å². The summed E-state index contributed by atoms with van der Waals surface area (Å²) in [7, 11) is 0. The van der Waals surface area contributed by atoms with Gasteiger partial charge in [-0.3, -0.25) is 0 Å². The van der Waals surface area contributed by atoms with Crippen LogP contribution in [-0.2, 0) is 6.42 Å². The van der Waals surface area contributed by atoms with Crippen molar-refractivity contribution in [2.75, 3.05) is 18.2 Å². The first-order valence-corrected chi connectivity index (χ1v) is 7.83. The van der Waals surface area contributed by atoms with E-state index in [9.17, 15) is 0 Å². The molecule has 1 saturated heterocycles. The van der Waals surface area contributed by atoms with Gasteiger partial charge in [0.25, 0.3) is 0 Å². The van der Waals surface area contributed by atoms with E-state index in [4.69, 9.17) is 14.7 Å². The molecular formula is C18H17N3O2. The van der Waals surface area contributed by atoms with Crippen LogP contribution in [-0.4, -0.2) is 18.3 Å². The molecule has 0 bridgehead atoms. The molecule has 2 aromatic rings. The van der Waals surface area contributed by atoms with Crippen LogP contribution in [0.4, 0.5) is 5.82 Å². The second-order valence-corrected chi connectivity index (χ2v) is 5.82. The fraction of sp³-hybridized carbons (Fsp3) is 0.333. The number of rotatable bonds is 3. The molecule has 0 saturated carbocycles. The van der Waals surface area contributed by atoms with Crippen LogP contribution in [0.15, 0.2) is 36.5 Å². The fourth-order valence-electron chi connectivity index (χ4n) is 3.29. The molecule has 1 aromatic carbocycles. The van der Waals surface area contributed by atoms with Crippen LogP contribution in [0.2, 0.25) is 0 Å². The van der Waals surface area contributed by atoms with Crippen molar-refractivity contribution in [3.8, 4) is 17.6 Å². The Morgan fingerprint density at radius 3 is 2.96 bits per heavy atom. The highest BCUT2D eigenvalue weighted by molar-refractivity contribution is 5.50. The van der Waals surface area contributed by atoms with Gasteiger partial charge in [0.15, 0.2) is 11.5 Å². The van der Waals surface area contributed by atoms with Gasteiger partial charge in [-0.25, -0.2) is 4.98 Å². The lowest BCUT2D eigenvalue weighted by molar-refractivity contribution is 0.174. The summed E-state index contributed by atoms with van der Waals surface area (Å²) in [5, 5.41) is 8.76. The molecule has 1 aromatic heterocycles. The Hall–Kier alpha value is -2.74. The largest absolute Gasteiger partial charge is 0.454 e. The predicted molar refractivity (Wildman–Crippen MR) is 85.4 cm³/mol. The zero-order valence-electron chi connectivity index (χ0n) is 12.7. The van der Waals surface area contributed by atoms with Gasteiger partial charge in [0, 0.05) is 12.7 Å². The number of hydrogen-bond donors (Lipinski definition) is 0. The average Bonchev–Trinajstić information content (AvgIpc) is 3.24. The van der Waals surface area contributed by atoms with Crippen molar-refractivity contribution in [1.82, 2.24) is 4.98 Å². The van der Waals surface area contributed by atoms with Gasteiger partial charge >= 0.3 is 0 Å². The number of hydrogen-bond acceptors (Lipinski definition) is 5. The van der Waals surface area contributed by atoms with Crippen LogP contribution < -0.4 is 14.4 Å². The summed E-state index contributed by atoms with van der Waals surface area (Å²) >= 11 is 0. The van der Waals surface area contributed by atoms with Crippen molar-refractivity contribution in [1.29, 1.82) is 5.26 Å². The molecular weight excluding hydrogens is 290 g/mol. The maximum absolute atomic E-state index is 8.76. The summed E-state index contributed by atoms with van der Waals surface area (Å²) in [5.74, 6) is 2.61. The van der Waals surface area contributed by atoms with E-state index in [1.54, 1.807) is 6.20 Å². The molecule has 4 rings (SSSR count). The minimum absolute atomic E-state index is 0.301. The number of nitriles is 1. The second-order valence-electron chi connectivity index (χ2n) is 5.82. The summed E-state index contributed by atoms with van der Waals surface area (Å²) in [4.78, 5) is 6.87. The van der Waals surface area contributed by atoms with Crippen molar-refractivity contribution < 1.29 is 9.47 Å². The van der Waals surface area contributed by atoms with E-state index in [1.807, 2.05) is 18.2 Å². The third-order valence-corrected chi connectivity index (χ3v) is 4.42. The van der Waals surface area contributed by atoms with E-state index < -0.39 is 0 Å². The molecule has 5 heteroatoms. The zero-order chi connectivity index (χ0) is 15.6. The number of nitrogens with zero attached hydrogens (tertiary/aromatic N) is 3. The molecule has 0 radical (unpaired) electrons. The molecule has 2 aliphatic heterocycles. The van der Waals surface area contributed by atoms with E-state index in [2.05, 4.69) is 28.1 Å². The van der Waals surface area contributed by atoms with E-state index in [0.717, 1.165) is 42.3 Å². The Morgan fingerprint density at radius 2 is 2.13 bits per heavy atom. The van der Waals surface area contributed by atoms with Gasteiger partial charge in [-0.1, -0.05) is 12.1 Å². The average molecular weight is 307 g/mol. The summed E-state index contributed by atoms with van der Waals surface area (Å²) in [6.07, 6.45) is 4.44. The molecule has 3 heterocycles. The van der Waals surface area contributed by atoms with Crippen LogP contribution in [0.5, 0.6) is 11.5 Å². The molecule has 0 N–H and O–H groups in total. The van der Waals surface area contributed by atoms with Gasteiger partial charge in [0.1, 0.15) is 5.82 Å². The number of ether oxygens (including phenoxy) is 2. The minimum Gasteiger partial charge on any atom is -0.454 e. The standard InChI is InChI=1S/C18H17N3O2/c19-8-7-13-3-6-18(20-11-13)21-9-1-2-15(21)14-4-5-16-17(10-14)23-12-22-16/h3-6,10-11,15H,1-2,7,9,12H2/t15-/m1/s1. The van der Waals surface area contributed by atoms with Gasteiger partial charge < -0.3 is 14.4 Å². The Kier molecular flexibility index (Phi) is 3.51. The minimum atomic E-state index is 0.301. The number of fused-ring (bicyclic) bond motifs is 1. The SMILES string of the molecule is N#CCc1ccc(N2CCC[C@@H]2c2ccc3c(c2)OCO3)nc1. The monoisotopic (exact) mass is 307 g/mol. The first-order valence-electron chi connectivity index (χ1n) is 7.83. The normalized spacial score (nSPS) is 18.9. The lowest BCUT2D eigenvalue weighted by Gasteiger charge is -2.26. The molecule has 23 heavy (non-hydrogen) atoms. The van der Waals surface area contributed by atoms with Crippen molar-refractivity contribution in [3.05, 3.63) is 47.7 Å². The number of anilines is 1. The van der Waals surface area contributed by atoms with Gasteiger partial charge in [-0.2, -0.15) is 5.26 Å². The molecule has 0 unspecified atom stereocenters. The second kappa shape index (κ2) is 5.81. The zero-order valence-corrected chi connectivity index (χ0v) is 12.7. The third kappa shape index (κ3) is 2.57. The molecule has 0 amide bonds.